The van der Waals surface area contributed by atoms with E-state index < -0.39 is 11.9 Å². The number of ether oxygens (including phenoxy) is 1. The van der Waals surface area contributed by atoms with Crippen LogP contribution in [0.15, 0.2) is 70.4 Å². The number of aromatic nitrogens is 3. The number of nitrogens with zero attached hydrogens (tertiary/aromatic N) is 3. The van der Waals surface area contributed by atoms with Gasteiger partial charge in [0.1, 0.15) is 11.5 Å². The Labute approximate surface area is 206 Å². The smallest absolute Gasteiger partial charge is 0.325 e. The maximum Gasteiger partial charge on any atom is 0.325 e. The molecule has 4 rings (SSSR count). The van der Waals surface area contributed by atoms with Crippen LogP contribution in [0, 0.1) is 13.8 Å². The van der Waals surface area contributed by atoms with Gasteiger partial charge in [-0.25, -0.2) is 4.79 Å². The minimum Gasteiger partial charge on any atom is -0.497 e. The first kappa shape index (κ1) is 24.1. The van der Waals surface area contributed by atoms with Gasteiger partial charge < -0.3 is 14.5 Å². The molecule has 0 aliphatic heterocycles. The molecule has 0 bridgehead atoms. The predicted molar refractivity (Wildman–Crippen MR) is 134 cm³/mol. The van der Waals surface area contributed by atoms with E-state index in [1.807, 2.05) is 60.9 Å². The molecule has 2 aromatic carbocycles. The summed E-state index contributed by atoms with van der Waals surface area (Å²) < 4.78 is 12.7. The van der Waals surface area contributed by atoms with Gasteiger partial charge in [-0.05, 0) is 61.4 Å². The van der Waals surface area contributed by atoms with Gasteiger partial charge in [0.05, 0.1) is 25.7 Å². The van der Waals surface area contributed by atoms with Gasteiger partial charge in [-0.15, -0.1) is 10.2 Å². The quantitative estimate of drug-likeness (QED) is 0.345. The lowest BCUT2D eigenvalue weighted by atomic mass is 10.1. The number of amides is 3. The standard InChI is InChI=1S/C25H25N5O4S/c1-16-9-10-19(12-17(16)2)26-24(32)27-22(31)15-35-25-29-28-23(18-6-4-7-20(13-18)33-3)30(25)14-21-8-5-11-34-21/h4-13H,14-15H2,1-3H3,(H2,26,27,31,32). The number of urea groups is 1. The zero-order chi connectivity index (χ0) is 24.8. The third kappa shape index (κ3) is 6.10. The zero-order valence-corrected chi connectivity index (χ0v) is 20.4. The molecule has 10 heteroatoms. The van der Waals surface area contributed by atoms with Gasteiger partial charge in [0.2, 0.25) is 5.91 Å². The van der Waals surface area contributed by atoms with Crippen LogP contribution in [-0.4, -0.2) is 39.6 Å². The van der Waals surface area contributed by atoms with Gasteiger partial charge in [-0.1, -0.05) is 30.0 Å². The average molecular weight is 492 g/mol. The number of carbonyl (C=O) groups excluding carboxylic acids is 2. The number of imide groups is 1. The van der Waals surface area contributed by atoms with Crippen molar-refractivity contribution in [2.24, 2.45) is 0 Å². The molecule has 180 valence electrons. The Morgan fingerprint density at radius 1 is 1.06 bits per heavy atom. The summed E-state index contributed by atoms with van der Waals surface area (Å²) in [5.74, 6) is 1.54. The SMILES string of the molecule is COc1cccc(-c2nnc(SCC(=O)NC(=O)Nc3ccc(C)c(C)c3)n2Cc2ccco2)c1. The molecular formula is C25H25N5O4S. The van der Waals surface area contributed by atoms with Crippen LogP contribution in [-0.2, 0) is 11.3 Å². The van der Waals surface area contributed by atoms with Crippen molar-refractivity contribution in [3.05, 3.63) is 77.7 Å². The van der Waals surface area contributed by atoms with E-state index in [9.17, 15) is 9.59 Å². The Morgan fingerprint density at radius 2 is 1.91 bits per heavy atom. The van der Waals surface area contributed by atoms with Crippen LogP contribution in [0.1, 0.15) is 16.9 Å². The molecule has 2 N–H and O–H groups in total. The van der Waals surface area contributed by atoms with Gasteiger partial charge in [0, 0.05) is 11.3 Å². The largest absolute Gasteiger partial charge is 0.497 e. The van der Waals surface area contributed by atoms with Gasteiger partial charge in [-0.2, -0.15) is 0 Å². The van der Waals surface area contributed by atoms with E-state index in [4.69, 9.17) is 9.15 Å². The first-order valence-corrected chi connectivity index (χ1v) is 11.8. The van der Waals surface area contributed by atoms with Crippen molar-refractivity contribution in [3.8, 4) is 17.1 Å². The Morgan fingerprint density at radius 3 is 2.66 bits per heavy atom. The van der Waals surface area contributed by atoms with Crippen LogP contribution in [0.25, 0.3) is 11.4 Å². The molecule has 9 nitrogen and oxygen atoms in total. The van der Waals surface area contributed by atoms with E-state index in [2.05, 4.69) is 20.8 Å². The minimum atomic E-state index is -0.590. The van der Waals surface area contributed by atoms with Crippen LogP contribution in [0.5, 0.6) is 5.75 Å². The molecule has 35 heavy (non-hydrogen) atoms. The van der Waals surface area contributed by atoms with Gasteiger partial charge in [0.25, 0.3) is 0 Å². The van der Waals surface area contributed by atoms with Crippen LogP contribution >= 0.6 is 11.8 Å². The summed E-state index contributed by atoms with van der Waals surface area (Å²) in [5.41, 5.74) is 3.60. The van der Waals surface area contributed by atoms with Crippen molar-refractivity contribution in [2.45, 2.75) is 25.5 Å². The highest BCUT2D eigenvalue weighted by Gasteiger charge is 2.18. The summed E-state index contributed by atoms with van der Waals surface area (Å²) in [4.78, 5) is 24.7. The van der Waals surface area contributed by atoms with Crippen molar-refractivity contribution in [1.82, 2.24) is 20.1 Å². The van der Waals surface area contributed by atoms with Crippen LogP contribution in [0.2, 0.25) is 0 Å². The summed E-state index contributed by atoms with van der Waals surface area (Å²) in [6.45, 7) is 4.33. The number of aryl methyl sites for hydroxylation is 2. The number of benzene rings is 2. The molecule has 0 aliphatic rings. The molecule has 3 amide bonds. The number of anilines is 1. The molecule has 0 aliphatic carbocycles. The summed E-state index contributed by atoms with van der Waals surface area (Å²) in [7, 11) is 1.60. The fraction of sp³-hybridized carbons (Fsp3) is 0.200. The maximum absolute atomic E-state index is 12.4. The molecule has 0 atom stereocenters. The van der Waals surface area contributed by atoms with E-state index in [1.165, 1.54) is 11.8 Å². The van der Waals surface area contributed by atoms with Crippen molar-refractivity contribution in [3.63, 3.8) is 0 Å². The molecule has 0 saturated heterocycles. The lowest BCUT2D eigenvalue weighted by Gasteiger charge is -2.10. The molecule has 2 aromatic heterocycles. The maximum atomic E-state index is 12.4. The lowest BCUT2D eigenvalue weighted by molar-refractivity contribution is -0.117. The number of thioether (sulfide) groups is 1. The summed E-state index contributed by atoms with van der Waals surface area (Å²) in [6.07, 6.45) is 1.60. The number of nitrogens with one attached hydrogen (secondary N) is 2. The minimum absolute atomic E-state index is 0.0191. The topological polar surface area (TPSA) is 111 Å². The Hall–Kier alpha value is -4.05. The highest BCUT2D eigenvalue weighted by atomic mass is 32.2. The average Bonchev–Trinajstić information content (AvgIpc) is 3.50. The van der Waals surface area contributed by atoms with Gasteiger partial charge in [0.15, 0.2) is 11.0 Å². The number of carbonyl (C=O) groups is 2. The number of hydrogen-bond donors (Lipinski definition) is 2. The van der Waals surface area contributed by atoms with E-state index >= 15 is 0 Å². The number of hydrogen-bond acceptors (Lipinski definition) is 7. The number of rotatable bonds is 8. The predicted octanol–water partition coefficient (Wildman–Crippen LogP) is 4.65. The number of methoxy groups -OCH3 is 1. The van der Waals surface area contributed by atoms with Crippen LogP contribution < -0.4 is 15.4 Å². The Bertz CT molecular complexity index is 1330. The second-order valence-corrected chi connectivity index (χ2v) is 8.74. The molecular weight excluding hydrogens is 466 g/mol. The van der Waals surface area contributed by atoms with Crippen molar-refractivity contribution in [2.75, 3.05) is 18.2 Å². The van der Waals surface area contributed by atoms with Gasteiger partial charge >= 0.3 is 6.03 Å². The van der Waals surface area contributed by atoms with E-state index in [1.54, 1.807) is 25.5 Å². The summed E-state index contributed by atoms with van der Waals surface area (Å²) in [6, 6.07) is 16.1. The van der Waals surface area contributed by atoms with Crippen LogP contribution in [0.4, 0.5) is 10.5 Å². The van der Waals surface area contributed by atoms with Crippen molar-refractivity contribution >= 4 is 29.4 Å². The third-order valence-corrected chi connectivity index (χ3v) is 6.26. The van der Waals surface area contributed by atoms with Crippen molar-refractivity contribution in [1.29, 1.82) is 0 Å². The first-order chi connectivity index (χ1) is 16.9. The van der Waals surface area contributed by atoms with E-state index in [-0.39, 0.29) is 5.75 Å². The summed E-state index contributed by atoms with van der Waals surface area (Å²) in [5, 5.41) is 14.2. The fourth-order valence-corrected chi connectivity index (χ4v) is 4.08. The third-order valence-electron chi connectivity index (χ3n) is 5.29. The highest BCUT2D eigenvalue weighted by molar-refractivity contribution is 7.99. The highest BCUT2D eigenvalue weighted by Crippen LogP contribution is 2.27. The second-order valence-electron chi connectivity index (χ2n) is 7.79. The molecule has 0 radical (unpaired) electrons. The number of furan rings is 1. The van der Waals surface area contributed by atoms with Gasteiger partial charge in [-0.3, -0.25) is 14.7 Å². The van der Waals surface area contributed by atoms with Crippen LogP contribution in [0.3, 0.4) is 0 Å². The summed E-state index contributed by atoms with van der Waals surface area (Å²) >= 11 is 1.18. The first-order valence-electron chi connectivity index (χ1n) is 10.8. The van der Waals surface area contributed by atoms with E-state index in [0.29, 0.717) is 34.7 Å². The Kier molecular flexibility index (Phi) is 7.51. The molecule has 0 unspecified atom stereocenters. The van der Waals surface area contributed by atoms with Crippen molar-refractivity contribution < 1.29 is 18.7 Å². The fourth-order valence-electron chi connectivity index (χ4n) is 3.35. The molecule has 4 aromatic rings. The lowest BCUT2D eigenvalue weighted by Crippen LogP contribution is -2.35. The van der Waals surface area contributed by atoms with E-state index in [0.717, 1.165) is 16.7 Å². The molecule has 0 saturated carbocycles. The molecule has 2 heterocycles. The second kappa shape index (κ2) is 10.9. The zero-order valence-electron chi connectivity index (χ0n) is 19.6. The monoisotopic (exact) mass is 491 g/mol. The normalized spacial score (nSPS) is 10.7. The Balaban J connectivity index is 1.45. The molecule has 0 spiro atoms. The molecule has 0 fully saturated rings.